The summed E-state index contributed by atoms with van der Waals surface area (Å²) in [6.07, 6.45) is 1.29. The van der Waals surface area contributed by atoms with Gasteiger partial charge in [0.2, 0.25) is 0 Å². The first-order valence-corrected chi connectivity index (χ1v) is 14.6. The Kier molecular flexibility index (Phi) is 7.49. The van der Waals surface area contributed by atoms with Gasteiger partial charge in [-0.05, 0) is 11.0 Å². The van der Waals surface area contributed by atoms with Gasteiger partial charge in [0, 0.05) is 0 Å². The Bertz CT molecular complexity index is 872. The number of benzene rings is 2. The molecule has 0 aliphatic rings. The third kappa shape index (κ3) is 8.04. The summed E-state index contributed by atoms with van der Waals surface area (Å²) in [6.45, 7) is 7.89. The van der Waals surface area contributed by atoms with E-state index < -0.39 is 22.7 Å². The number of rotatable bonds is 6. The number of hydrogen-bond acceptors (Lipinski definition) is 3. The Balaban J connectivity index is 1.79. The molecule has 2 rings (SSSR count). The van der Waals surface area contributed by atoms with Gasteiger partial charge in [-0.1, -0.05) is 20.8 Å². The van der Waals surface area contributed by atoms with E-state index in [9.17, 15) is 8.42 Å². The zero-order valence-electron chi connectivity index (χ0n) is 16.2. The van der Waals surface area contributed by atoms with Gasteiger partial charge in [-0.15, -0.1) is 0 Å². The minimum absolute atomic E-state index is 0.155. The van der Waals surface area contributed by atoms with Gasteiger partial charge in [0.25, 0.3) is 0 Å². The average Bonchev–Trinajstić information content (AvgIpc) is 2.57. The van der Waals surface area contributed by atoms with Crippen molar-refractivity contribution in [3.05, 3.63) is 65.2 Å². The van der Waals surface area contributed by atoms with Gasteiger partial charge in [0.1, 0.15) is 0 Å². The summed E-state index contributed by atoms with van der Waals surface area (Å²) in [5.74, 6) is 0. The van der Waals surface area contributed by atoms with E-state index in [1.165, 1.54) is 17.4 Å². The predicted molar refractivity (Wildman–Crippen MR) is 119 cm³/mol. The third-order valence-electron chi connectivity index (χ3n) is 3.98. The maximum atomic E-state index is 11.4. The first kappa shape index (κ1) is 21.9. The van der Waals surface area contributed by atoms with Gasteiger partial charge < -0.3 is 0 Å². The molecule has 2 N–H and O–H groups in total. The molecule has 0 bridgehead atoms. The quantitative estimate of drug-likeness (QED) is 0.505. The molecule has 0 saturated carbocycles. The van der Waals surface area contributed by atoms with E-state index in [2.05, 4.69) is 55.7 Å². The molecule has 146 valence electrons. The molecule has 7 heteroatoms. The van der Waals surface area contributed by atoms with Crippen molar-refractivity contribution in [3.63, 3.8) is 0 Å². The van der Waals surface area contributed by atoms with Gasteiger partial charge in [-0.2, -0.15) is 0 Å². The number of thiocarbonyl (C=S) groups is 1. The molecule has 0 aromatic heterocycles. The standard InChI is InChI=1S/C20H27AsN2O2S2/c1-20(2,3)17-9-5-15(6-10-17)13-22-19(26)23-14-16-7-11-18(12-8-16)21-27(4,24)25/h5-12,21H,13-14H2,1-4H3,(H2,22,23,26). The fourth-order valence-electron chi connectivity index (χ4n) is 2.45. The Morgan fingerprint density at radius 2 is 1.37 bits per heavy atom. The van der Waals surface area contributed by atoms with Crippen LogP contribution in [0.5, 0.6) is 0 Å². The zero-order chi connectivity index (χ0) is 20.1. The van der Waals surface area contributed by atoms with Crippen LogP contribution in [0.3, 0.4) is 0 Å². The second-order valence-corrected chi connectivity index (χ2v) is 16.9. The molecule has 0 heterocycles. The molecule has 0 saturated heterocycles. The second kappa shape index (κ2) is 9.22. The van der Waals surface area contributed by atoms with Crippen molar-refractivity contribution in [3.8, 4) is 0 Å². The second-order valence-electron chi connectivity index (χ2n) is 7.55. The maximum absolute atomic E-state index is 11.4. The molecule has 2 aromatic rings. The summed E-state index contributed by atoms with van der Waals surface area (Å²) in [5, 5.41) is 7.00. The zero-order valence-corrected chi connectivity index (χ0v) is 19.9. The van der Waals surface area contributed by atoms with E-state index in [1.54, 1.807) is 0 Å². The minimum atomic E-state index is -2.88. The van der Waals surface area contributed by atoms with Crippen molar-refractivity contribution in [1.82, 2.24) is 10.6 Å². The average molecular weight is 467 g/mol. The molecule has 0 aliphatic heterocycles. The molecule has 0 radical (unpaired) electrons. The van der Waals surface area contributed by atoms with Crippen LogP contribution in [0.25, 0.3) is 0 Å². The van der Waals surface area contributed by atoms with Crippen molar-refractivity contribution in [2.75, 3.05) is 6.26 Å². The summed E-state index contributed by atoms with van der Waals surface area (Å²) in [7, 11) is -2.88. The summed E-state index contributed by atoms with van der Waals surface area (Å²) in [5.41, 5.74) is 3.72. The van der Waals surface area contributed by atoms with Crippen LogP contribution in [0.1, 0.15) is 37.5 Å². The van der Waals surface area contributed by atoms with Gasteiger partial charge >= 0.3 is 142 Å². The fraction of sp³-hybridized carbons (Fsp3) is 0.350. The molecule has 0 amide bonds. The topological polar surface area (TPSA) is 58.2 Å². The first-order chi connectivity index (χ1) is 12.5. The Morgan fingerprint density at radius 3 is 1.78 bits per heavy atom. The molecule has 0 fully saturated rings. The monoisotopic (exact) mass is 466 g/mol. The van der Waals surface area contributed by atoms with Gasteiger partial charge in [0.15, 0.2) is 0 Å². The molecule has 27 heavy (non-hydrogen) atoms. The van der Waals surface area contributed by atoms with Crippen molar-refractivity contribution >= 4 is 44.4 Å². The summed E-state index contributed by atoms with van der Waals surface area (Å²) < 4.78 is 23.7. The summed E-state index contributed by atoms with van der Waals surface area (Å²) in [4.78, 5) is 0. The molecule has 1 atom stereocenters. The number of nitrogens with one attached hydrogen (secondary N) is 2. The fourth-order valence-corrected chi connectivity index (χ4v) is 7.06. The van der Waals surface area contributed by atoms with Crippen LogP contribution in [-0.2, 0) is 26.6 Å². The molecule has 0 aliphatic carbocycles. The normalized spacial score (nSPS) is 12.3. The molecule has 2 aromatic carbocycles. The van der Waals surface area contributed by atoms with Crippen LogP contribution in [0.4, 0.5) is 0 Å². The molecular weight excluding hydrogens is 439 g/mol. The van der Waals surface area contributed by atoms with Crippen LogP contribution < -0.4 is 15.0 Å². The van der Waals surface area contributed by atoms with Crippen molar-refractivity contribution in [2.24, 2.45) is 0 Å². The van der Waals surface area contributed by atoms with E-state index in [1.807, 2.05) is 24.3 Å². The van der Waals surface area contributed by atoms with Crippen LogP contribution in [-0.4, -0.2) is 34.4 Å². The Morgan fingerprint density at radius 1 is 0.926 bits per heavy atom. The predicted octanol–water partition coefficient (Wildman–Crippen LogP) is 2.17. The third-order valence-corrected chi connectivity index (χ3v) is 9.40. The van der Waals surface area contributed by atoms with Crippen molar-refractivity contribution in [2.45, 2.75) is 39.3 Å². The number of hydrogen-bond donors (Lipinski definition) is 2. The Labute approximate surface area is 173 Å². The molecule has 0 spiro atoms. The van der Waals surface area contributed by atoms with E-state index in [4.69, 9.17) is 12.2 Å². The van der Waals surface area contributed by atoms with E-state index >= 15 is 0 Å². The Hall–Kier alpha value is -1.36. The van der Waals surface area contributed by atoms with Crippen LogP contribution in [0.15, 0.2) is 48.5 Å². The first-order valence-electron chi connectivity index (χ1n) is 8.71. The van der Waals surface area contributed by atoms with Gasteiger partial charge in [-0.25, -0.2) is 0 Å². The van der Waals surface area contributed by atoms with Gasteiger partial charge in [0.05, 0.1) is 0 Å². The van der Waals surface area contributed by atoms with Crippen LogP contribution in [0.2, 0.25) is 0 Å². The molecular formula is C20H27AsN2O2S2. The molecule has 1 unspecified atom stereocenters. The summed E-state index contributed by atoms with van der Waals surface area (Å²) in [6, 6.07) is 16.3. The van der Waals surface area contributed by atoms with E-state index in [-0.39, 0.29) is 5.41 Å². The van der Waals surface area contributed by atoms with Crippen LogP contribution in [0, 0.1) is 0 Å². The van der Waals surface area contributed by atoms with Crippen LogP contribution >= 0.6 is 12.2 Å². The van der Waals surface area contributed by atoms with E-state index in [0.29, 0.717) is 18.2 Å². The van der Waals surface area contributed by atoms with Crippen molar-refractivity contribution in [1.29, 1.82) is 0 Å². The summed E-state index contributed by atoms with van der Waals surface area (Å²) >= 11 is 4.22. The molecule has 4 nitrogen and oxygen atoms in total. The SMILES string of the molecule is CC(C)(C)c1ccc(CNC(=S)NCc2ccc([AsH]S(C)(=O)=O)cc2)cc1. The van der Waals surface area contributed by atoms with E-state index in [0.717, 1.165) is 9.91 Å². The van der Waals surface area contributed by atoms with Gasteiger partial charge in [-0.3, -0.25) is 0 Å². The van der Waals surface area contributed by atoms with Crippen molar-refractivity contribution < 1.29 is 8.42 Å².